The zero-order valence-electron chi connectivity index (χ0n) is 10.7. The predicted octanol–water partition coefficient (Wildman–Crippen LogP) is 4.84. The van der Waals surface area contributed by atoms with Gasteiger partial charge in [0.1, 0.15) is 0 Å². The molecule has 5 heteroatoms. The highest BCUT2D eigenvalue weighted by Gasteiger charge is 2.15. The first-order valence-electron chi connectivity index (χ1n) is 6.26. The Bertz CT molecular complexity index is 516. The topological polar surface area (TPSA) is 24.9 Å². The Morgan fingerprint density at radius 2 is 2.32 bits per heavy atom. The normalized spacial score (nSPS) is 12.6. The second-order valence-electron chi connectivity index (χ2n) is 4.34. The zero-order valence-corrected chi connectivity index (χ0v) is 13.9. The standard InChI is InChI=1S/C14H16BrClN2S/c1-2-5-18-14(7-11-8-17-9-19-11)12-4-3-10(16)6-13(12)15/h3-4,6,8-9,14,18H,2,5,7H2,1H3. The fourth-order valence-electron chi connectivity index (χ4n) is 1.94. The minimum absolute atomic E-state index is 0.284. The quantitative estimate of drug-likeness (QED) is 0.798. The molecule has 0 spiro atoms. The van der Waals surface area contributed by atoms with Crippen LogP contribution in [0.15, 0.2) is 34.4 Å². The molecule has 0 radical (unpaired) electrons. The maximum absolute atomic E-state index is 6.01. The van der Waals surface area contributed by atoms with Crippen LogP contribution in [0.4, 0.5) is 0 Å². The number of halogens is 2. The number of rotatable bonds is 6. The van der Waals surface area contributed by atoms with E-state index in [4.69, 9.17) is 11.6 Å². The first-order chi connectivity index (χ1) is 9.20. The number of benzene rings is 1. The van der Waals surface area contributed by atoms with E-state index in [0.29, 0.717) is 0 Å². The van der Waals surface area contributed by atoms with Crippen molar-refractivity contribution in [3.8, 4) is 0 Å². The molecule has 0 fully saturated rings. The minimum atomic E-state index is 0.284. The molecule has 1 unspecified atom stereocenters. The van der Waals surface area contributed by atoms with E-state index < -0.39 is 0 Å². The summed E-state index contributed by atoms with van der Waals surface area (Å²) in [6, 6.07) is 6.26. The van der Waals surface area contributed by atoms with Gasteiger partial charge in [-0.25, -0.2) is 0 Å². The van der Waals surface area contributed by atoms with Gasteiger partial charge in [0.05, 0.1) is 5.51 Å². The molecule has 0 saturated heterocycles. The van der Waals surface area contributed by atoms with Gasteiger partial charge in [-0.2, -0.15) is 0 Å². The van der Waals surface area contributed by atoms with Crippen LogP contribution in [0.25, 0.3) is 0 Å². The third-order valence-corrected chi connectivity index (χ3v) is 4.59. The van der Waals surface area contributed by atoms with Crippen LogP contribution >= 0.6 is 38.9 Å². The van der Waals surface area contributed by atoms with Crippen molar-refractivity contribution in [2.75, 3.05) is 6.54 Å². The van der Waals surface area contributed by atoms with Crippen LogP contribution in [0, 0.1) is 0 Å². The Morgan fingerprint density at radius 3 is 2.95 bits per heavy atom. The van der Waals surface area contributed by atoms with Gasteiger partial charge < -0.3 is 5.32 Å². The molecule has 0 aliphatic rings. The van der Waals surface area contributed by atoms with Crippen LogP contribution < -0.4 is 5.32 Å². The molecular weight excluding hydrogens is 344 g/mol. The van der Waals surface area contributed by atoms with Gasteiger partial charge in [-0.15, -0.1) is 11.3 Å². The predicted molar refractivity (Wildman–Crippen MR) is 86.0 cm³/mol. The molecule has 0 bridgehead atoms. The largest absolute Gasteiger partial charge is 0.310 e. The molecule has 2 nitrogen and oxygen atoms in total. The Kier molecular flexibility index (Phi) is 5.82. The van der Waals surface area contributed by atoms with E-state index in [9.17, 15) is 0 Å². The molecule has 102 valence electrons. The van der Waals surface area contributed by atoms with E-state index in [1.54, 1.807) is 11.3 Å². The molecule has 1 N–H and O–H groups in total. The van der Waals surface area contributed by atoms with Crippen molar-refractivity contribution >= 4 is 38.9 Å². The highest BCUT2D eigenvalue weighted by Crippen LogP contribution is 2.29. The van der Waals surface area contributed by atoms with Crippen LogP contribution in [0.1, 0.15) is 29.8 Å². The Hall–Kier alpha value is -0.420. The summed E-state index contributed by atoms with van der Waals surface area (Å²) >= 11 is 11.3. The molecule has 1 aromatic heterocycles. The van der Waals surface area contributed by atoms with Crippen LogP contribution in [-0.2, 0) is 6.42 Å². The first-order valence-corrected chi connectivity index (χ1v) is 8.31. The molecule has 19 heavy (non-hydrogen) atoms. The summed E-state index contributed by atoms with van der Waals surface area (Å²) in [5, 5.41) is 4.34. The summed E-state index contributed by atoms with van der Waals surface area (Å²) < 4.78 is 1.05. The monoisotopic (exact) mass is 358 g/mol. The molecule has 1 heterocycles. The van der Waals surface area contributed by atoms with Crippen molar-refractivity contribution in [2.24, 2.45) is 0 Å². The summed E-state index contributed by atoms with van der Waals surface area (Å²) in [6.07, 6.45) is 4.00. The summed E-state index contributed by atoms with van der Waals surface area (Å²) in [7, 11) is 0. The highest BCUT2D eigenvalue weighted by molar-refractivity contribution is 9.10. The van der Waals surface area contributed by atoms with E-state index in [1.807, 2.05) is 23.8 Å². The number of aromatic nitrogens is 1. The van der Waals surface area contributed by atoms with E-state index in [1.165, 1.54) is 10.4 Å². The number of hydrogen-bond acceptors (Lipinski definition) is 3. The maximum Gasteiger partial charge on any atom is 0.0794 e. The molecule has 2 aromatic rings. The van der Waals surface area contributed by atoms with Crippen LogP contribution in [0.5, 0.6) is 0 Å². The third-order valence-electron chi connectivity index (χ3n) is 2.87. The van der Waals surface area contributed by atoms with E-state index in [0.717, 1.165) is 28.9 Å². The lowest BCUT2D eigenvalue weighted by molar-refractivity contribution is 0.530. The molecule has 0 amide bonds. The second kappa shape index (κ2) is 7.39. The van der Waals surface area contributed by atoms with Gasteiger partial charge in [0, 0.05) is 33.0 Å². The van der Waals surface area contributed by atoms with E-state index in [2.05, 4.69) is 39.2 Å². The fraction of sp³-hybridized carbons (Fsp3) is 0.357. The molecule has 2 rings (SSSR count). The van der Waals surface area contributed by atoms with Gasteiger partial charge in [-0.05, 0) is 30.7 Å². The lowest BCUT2D eigenvalue weighted by Crippen LogP contribution is -2.24. The zero-order chi connectivity index (χ0) is 13.7. The first kappa shape index (κ1) is 15.0. The van der Waals surface area contributed by atoms with Gasteiger partial charge in [0.15, 0.2) is 0 Å². The number of hydrogen-bond donors (Lipinski definition) is 1. The molecule has 1 aromatic carbocycles. The Morgan fingerprint density at radius 1 is 1.47 bits per heavy atom. The van der Waals surface area contributed by atoms with Crippen molar-refractivity contribution < 1.29 is 0 Å². The summed E-state index contributed by atoms with van der Waals surface area (Å²) in [4.78, 5) is 5.43. The maximum atomic E-state index is 6.01. The van der Waals surface area contributed by atoms with Crippen LogP contribution in [0.2, 0.25) is 5.02 Å². The molecule has 0 aliphatic heterocycles. The summed E-state index contributed by atoms with van der Waals surface area (Å²) in [6.45, 7) is 3.17. The van der Waals surface area contributed by atoms with Crippen molar-refractivity contribution in [1.82, 2.24) is 10.3 Å². The van der Waals surface area contributed by atoms with Crippen LogP contribution in [0.3, 0.4) is 0 Å². The lowest BCUT2D eigenvalue weighted by atomic mass is 10.0. The Balaban J connectivity index is 2.20. The van der Waals surface area contributed by atoms with Gasteiger partial charge in [-0.3, -0.25) is 4.98 Å². The van der Waals surface area contributed by atoms with Gasteiger partial charge in [0.25, 0.3) is 0 Å². The summed E-state index contributed by atoms with van der Waals surface area (Å²) in [5.41, 5.74) is 3.12. The smallest absolute Gasteiger partial charge is 0.0794 e. The number of nitrogens with one attached hydrogen (secondary N) is 1. The van der Waals surface area contributed by atoms with Crippen molar-refractivity contribution in [3.05, 3.63) is 49.8 Å². The SMILES string of the molecule is CCCNC(Cc1cncs1)c1ccc(Cl)cc1Br. The minimum Gasteiger partial charge on any atom is -0.310 e. The lowest BCUT2D eigenvalue weighted by Gasteiger charge is -2.19. The van der Waals surface area contributed by atoms with Crippen molar-refractivity contribution in [1.29, 1.82) is 0 Å². The molecule has 1 atom stereocenters. The van der Waals surface area contributed by atoms with Gasteiger partial charge >= 0.3 is 0 Å². The molecule has 0 aliphatic carbocycles. The Labute approximate surface area is 131 Å². The van der Waals surface area contributed by atoms with Crippen molar-refractivity contribution in [2.45, 2.75) is 25.8 Å². The molecular formula is C14H16BrClN2S. The van der Waals surface area contributed by atoms with E-state index in [-0.39, 0.29) is 6.04 Å². The van der Waals surface area contributed by atoms with Gasteiger partial charge in [0.2, 0.25) is 0 Å². The average molecular weight is 360 g/mol. The van der Waals surface area contributed by atoms with Gasteiger partial charge in [-0.1, -0.05) is 40.5 Å². The molecule has 0 saturated carbocycles. The second-order valence-corrected chi connectivity index (χ2v) is 6.61. The number of nitrogens with zero attached hydrogens (tertiary/aromatic N) is 1. The third kappa shape index (κ3) is 4.28. The average Bonchev–Trinajstić information content (AvgIpc) is 2.88. The van der Waals surface area contributed by atoms with Crippen LogP contribution in [-0.4, -0.2) is 11.5 Å². The highest BCUT2D eigenvalue weighted by atomic mass is 79.9. The van der Waals surface area contributed by atoms with E-state index >= 15 is 0 Å². The summed E-state index contributed by atoms with van der Waals surface area (Å²) in [5.74, 6) is 0. The fourth-order valence-corrected chi connectivity index (χ4v) is 3.54. The van der Waals surface area contributed by atoms with Crippen molar-refractivity contribution in [3.63, 3.8) is 0 Å². The number of thiazole rings is 1.